The van der Waals surface area contributed by atoms with Crippen molar-refractivity contribution in [2.75, 3.05) is 6.61 Å². The monoisotopic (exact) mass is 391 g/mol. The fourth-order valence-electron chi connectivity index (χ4n) is 3.41. The van der Waals surface area contributed by atoms with Crippen LogP contribution >= 0.6 is 11.6 Å². The van der Waals surface area contributed by atoms with Crippen molar-refractivity contribution in [2.45, 2.75) is 38.5 Å². The summed E-state index contributed by atoms with van der Waals surface area (Å²) in [6.45, 7) is 1.23. The molecule has 0 amide bonds. The predicted molar refractivity (Wildman–Crippen MR) is 96.4 cm³/mol. The second kappa shape index (κ2) is 7.92. The van der Waals surface area contributed by atoms with Gasteiger partial charge in [0.15, 0.2) is 11.5 Å². The second-order valence-electron chi connectivity index (χ2n) is 6.36. The van der Waals surface area contributed by atoms with Crippen LogP contribution in [0.3, 0.4) is 0 Å². The SMILES string of the molecule is CC(=O)OCCC1=C([N+](=O)[O-])[C@H](c2ccc(Cl)cc2)C2=C(CCCC2=O)O1. The number of carbonyl (C=O) groups excluding carboxylic acids is 2. The summed E-state index contributed by atoms with van der Waals surface area (Å²) in [5.41, 5.74) is 0.743. The summed E-state index contributed by atoms with van der Waals surface area (Å²) in [7, 11) is 0. The lowest BCUT2D eigenvalue weighted by Gasteiger charge is -2.30. The van der Waals surface area contributed by atoms with Gasteiger partial charge in [0.25, 0.3) is 5.70 Å². The fourth-order valence-corrected chi connectivity index (χ4v) is 3.54. The minimum atomic E-state index is -0.832. The van der Waals surface area contributed by atoms with Gasteiger partial charge < -0.3 is 9.47 Å². The first-order valence-electron chi connectivity index (χ1n) is 8.59. The third kappa shape index (κ3) is 4.03. The number of ketones is 1. The number of allylic oxidation sites excluding steroid dienone is 2. The van der Waals surface area contributed by atoms with E-state index in [0.717, 1.165) is 0 Å². The molecule has 1 aromatic carbocycles. The van der Waals surface area contributed by atoms with Gasteiger partial charge in [-0.15, -0.1) is 0 Å². The number of benzene rings is 1. The minimum absolute atomic E-state index is 0.0358. The molecule has 2 aliphatic rings. The van der Waals surface area contributed by atoms with E-state index < -0.39 is 16.8 Å². The van der Waals surface area contributed by atoms with Crippen LogP contribution in [0, 0.1) is 10.1 Å². The van der Waals surface area contributed by atoms with E-state index in [9.17, 15) is 19.7 Å². The second-order valence-corrected chi connectivity index (χ2v) is 6.79. The Hall–Kier alpha value is -2.67. The first kappa shape index (κ1) is 19.1. The number of rotatable bonds is 5. The molecule has 1 aliphatic carbocycles. The predicted octanol–water partition coefficient (Wildman–Crippen LogP) is 3.90. The zero-order valence-corrected chi connectivity index (χ0v) is 15.5. The molecule has 0 aromatic heterocycles. The van der Waals surface area contributed by atoms with E-state index in [1.165, 1.54) is 6.92 Å². The normalized spacial score (nSPS) is 19.5. The van der Waals surface area contributed by atoms with Crippen LogP contribution in [0.25, 0.3) is 0 Å². The number of halogens is 1. The van der Waals surface area contributed by atoms with E-state index in [2.05, 4.69) is 0 Å². The molecule has 3 rings (SSSR count). The molecule has 0 N–H and O–H groups in total. The van der Waals surface area contributed by atoms with Gasteiger partial charge in [-0.05, 0) is 24.1 Å². The van der Waals surface area contributed by atoms with Gasteiger partial charge >= 0.3 is 5.97 Å². The molecule has 142 valence electrons. The quantitative estimate of drug-likeness (QED) is 0.429. The molecule has 0 unspecified atom stereocenters. The smallest absolute Gasteiger partial charge is 0.302 e. The minimum Gasteiger partial charge on any atom is -0.465 e. The van der Waals surface area contributed by atoms with Crippen molar-refractivity contribution in [3.8, 4) is 0 Å². The van der Waals surface area contributed by atoms with Crippen LogP contribution in [0.2, 0.25) is 5.02 Å². The number of nitrogens with zero attached hydrogens (tertiary/aromatic N) is 1. The van der Waals surface area contributed by atoms with Crippen LogP contribution in [-0.2, 0) is 19.1 Å². The van der Waals surface area contributed by atoms with Crippen LogP contribution in [0.5, 0.6) is 0 Å². The largest absolute Gasteiger partial charge is 0.465 e. The first-order chi connectivity index (χ1) is 12.9. The Balaban J connectivity index is 2.08. The van der Waals surface area contributed by atoms with Crippen molar-refractivity contribution >= 4 is 23.4 Å². The standard InChI is InChI=1S/C19H18ClNO6/c1-11(22)26-10-9-16-19(21(24)25)17(12-5-7-13(20)8-6-12)18-14(23)3-2-4-15(18)27-16/h5-8,17H,2-4,9-10H2,1H3/t17-/m1/s1. The summed E-state index contributed by atoms with van der Waals surface area (Å²) in [5.74, 6) is -0.865. The zero-order chi connectivity index (χ0) is 19.6. The molecule has 1 atom stereocenters. The lowest BCUT2D eigenvalue weighted by molar-refractivity contribution is -0.433. The fraction of sp³-hybridized carbons (Fsp3) is 0.368. The van der Waals surface area contributed by atoms with Crippen LogP contribution in [0.1, 0.15) is 44.1 Å². The van der Waals surface area contributed by atoms with Crippen molar-refractivity contribution in [3.05, 3.63) is 67.8 Å². The van der Waals surface area contributed by atoms with Gasteiger partial charge in [-0.1, -0.05) is 23.7 Å². The van der Waals surface area contributed by atoms with Crippen LogP contribution < -0.4 is 0 Å². The van der Waals surface area contributed by atoms with E-state index in [4.69, 9.17) is 21.1 Å². The summed E-state index contributed by atoms with van der Waals surface area (Å²) in [6, 6.07) is 6.63. The maximum atomic E-state index is 12.6. The lowest BCUT2D eigenvalue weighted by atomic mass is 9.79. The Bertz CT molecular complexity index is 855. The molecular formula is C19H18ClNO6. The summed E-state index contributed by atoms with van der Waals surface area (Å²) < 4.78 is 10.7. The first-order valence-corrected chi connectivity index (χ1v) is 8.96. The van der Waals surface area contributed by atoms with E-state index >= 15 is 0 Å². The number of ether oxygens (including phenoxy) is 2. The molecule has 27 heavy (non-hydrogen) atoms. The Morgan fingerprint density at radius 3 is 2.67 bits per heavy atom. The maximum Gasteiger partial charge on any atom is 0.302 e. The molecule has 1 aliphatic heterocycles. The number of carbonyl (C=O) groups is 2. The molecule has 0 saturated heterocycles. The topological polar surface area (TPSA) is 95.7 Å². The maximum absolute atomic E-state index is 12.6. The summed E-state index contributed by atoms with van der Waals surface area (Å²) in [6.07, 6.45) is 1.56. The third-order valence-electron chi connectivity index (χ3n) is 4.54. The van der Waals surface area contributed by atoms with E-state index in [1.54, 1.807) is 24.3 Å². The zero-order valence-electron chi connectivity index (χ0n) is 14.7. The van der Waals surface area contributed by atoms with Crippen molar-refractivity contribution in [1.29, 1.82) is 0 Å². The Morgan fingerprint density at radius 2 is 2.04 bits per heavy atom. The number of nitro groups is 1. The average molecular weight is 392 g/mol. The number of hydrogen-bond acceptors (Lipinski definition) is 6. The summed E-state index contributed by atoms with van der Waals surface area (Å²) in [5, 5.41) is 12.4. The van der Waals surface area contributed by atoms with Gasteiger partial charge in [-0.2, -0.15) is 0 Å². The van der Waals surface area contributed by atoms with Crippen LogP contribution in [-0.4, -0.2) is 23.3 Å². The van der Waals surface area contributed by atoms with Gasteiger partial charge in [0.1, 0.15) is 11.7 Å². The van der Waals surface area contributed by atoms with Crippen molar-refractivity contribution in [2.24, 2.45) is 0 Å². The van der Waals surface area contributed by atoms with E-state index in [1.807, 2.05) is 0 Å². The van der Waals surface area contributed by atoms with Crippen molar-refractivity contribution in [1.82, 2.24) is 0 Å². The summed E-state index contributed by atoms with van der Waals surface area (Å²) >= 11 is 5.94. The molecule has 0 fully saturated rings. The number of esters is 1. The molecular weight excluding hydrogens is 374 g/mol. The number of Topliss-reactive ketones (excluding diaryl/α,β-unsaturated/α-hetero) is 1. The molecule has 8 heteroatoms. The van der Waals surface area contributed by atoms with Gasteiger partial charge in [-0.25, -0.2) is 0 Å². The highest BCUT2D eigenvalue weighted by atomic mass is 35.5. The molecule has 7 nitrogen and oxygen atoms in total. The Kier molecular flexibility index (Phi) is 5.60. The molecule has 1 heterocycles. The molecule has 0 saturated carbocycles. The third-order valence-corrected chi connectivity index (χ3v) is 4.79. The Morgan fingerprint density at radius 1 is 1.33 bits per heavy atom. The lowest BCUT2D eigenvalue weighted by Crippen LogP contribution is -2.28. The van der Waals surface area contributed by atoms with Crippen molar-refractivity contribution < 1.29 is 24.0 Å². The Labute approximate surface area is 160 Å². The average Bonchev–Trinajstić information content (AvgIpc) is 2.61. The molecule has 0 radical (unpaired) electrons. The van der Waals surface area contributed by atoms with E-state index in [0.29, 0.717) is 41.2 Å². The summed E-state index contributed by atoms with van der Waals surface area (Å²) in [4.78, 5) is 35.0. The molecule has 1 aromatic rings. The van der Waals surface area contributed by atoms with Gasteiger partial charge in [-0.3, -0.25) is 19.7 Å². The van der Waals surface area contributed by atoms with Gasteiger partial charge in [0.05, 0.1) is 17.1 Å². The van der Waals surface area contributed by atoms with E-state index in [-0.39, 0.29) is 30.3 Å². The molecule has 0 spiro atoms. The van der Waals surface area contributed by atoms with Crippen LogP contribution in [0.4, 0.5) is 0 Å². The number of hydrogen-bond donors (Lipinski definition) is 0. The highest BCUT2D eigenvalue weighted by Crippen LogP contribution is 2.45. The van der Waals surface area contributed by atoms with Crippen LogP contribution in [0.15, 0.2) is 47.1 Å². The van der Waals surface area contributed by atoms with Crippen molar-refractivity contribution in [3.63, 3.8) is 0 Å². The highest BCUT2D eigenvalue weighted by molar-refractivity contribution is 6.30. The highest BCUT2D eigenvalue weighted by Gasteiger charge is 2.44. The molecule has 0 bridgehead atoms. The van der Waals surface area contributed by atoms with Gasteiger partial charge in [0, 0.05) is 31.2 Å². The van der Waals surface area contributed by atoms with Gasteiger partial charge in [0.2, 0.25) is 0 Å².